The molecule has 0 saturated carbocycles. The van der Waals surface area contributed by atoms with Gasteiger partial charge in [0.1, 0.15) is 5.69 Å². The average Bonchev–Trinajstić information content (AvgIpc) is 2.79. The largest absolute Gasteiger partial charge is 0.355 e. The quantitative estimate of drug-likeness (QED) is 0.666. The van der Waals surface area contributed by atoms with Crippen molar-refractivity contribution in [1.82, 2.24) is 15.3 Å². The van der Waals surface area contributed by atoms with Crippen LogP contribution in [0.25, 0.3) is 11.3 Å². The first-order valence-electron chi connectivity index (χ1n) is 9.90. The van der Waals surface area contributed by atoms with Crippen LogP contribution in [-0.4, -0.2) is 29.0 Å². The molecule has 0 atom stereocenters. The Morgan fingerprint density at radius 2 is 1.62 bits per heavy atom. The minimum atomic E-state index is -0.109. The number of aromatic nitrogens is 2. The summed E-state index contributed by atoms with van der Waals surface area (Å²) in [4.78, 5) is 23.9. The monoisotopic (exact) mass is 406 g/mol. The number of nitrogens with zero attached hydrogens (tertiary/aromatic N) is 3. The molecular weight excluding hydrogens is 384 g/mol. The van der Waals surface area contributed by atoms with Crippen molar-refractivity contribution in [1.29, 1.82) is 0 Å². The van der Waals surface area contributed by atoms with Crippen molar-refractivity contribution in [2.75, 3.05) is 18.0 Å². The van der Waals surface area contributed by atoms with Gasteiger partial charge in [0.15, 0.2) is 5.82 Å². The molecule has 2 aromatic carbocycles. The number of anilines is 1. The molecule has 2 heterocycles. The summed E-state index contributed by atoms with van der Waals surface area (Å²) in [5.41, 5.74) is 3.45. The standard InChI is InChI=1S/C23H23ClN4O/c24-20-10-4-17(5-11-20)16-27-23(29)19-8-6-18(7-9-19)21-22(26-13-12-25-21)28-14-2-1-3-15-28/h4-13H,1-3,14-16H2,(H,27,29). The Kier molecular flexibility index (Phi) is 6.06. The first-order valence-corrected chi connectivity index (χ1v) is 10.3. The van der Waals surface area contributed by atoms with Crippen LogP contribution in [0, 0.1) is 0 Å². The van der Waals surface area contributed by atoms with Crippen LogP contribution in [-0.2, 0) is 6.54 Å². The van der Waals surface area contributed by atoms with Crippen LogP contribution in [0.1, 0.15) is 35.2 Å². The van der Waals surface area contributed by atoms with E-state index in [1.807, 2.05) is 48.5 Å². The number of benzene rings is 2. The number of hydrogen-bond donors (Lipinski definition) is 1. The van der Waals surface area contributed by atoms with Gasteiger partial charge in [-0.2, -0.15) is 0 Å². The van der Waals surface area contributed by atoms with Gasteiger partial charge >= 0.3 is 0 Å². The maximum atomic E-state index is 12.5. The molecule has 0 unspecified atom stereocenters. The second-order valence-electron chi connectivity index (χ2n) is 7.16. The number of piperidine rings is 1. The van der Waals surface area contributed by atoms with Gasteiger partial charge in [-0.05, 0) is 49.1 Å². The third-order valence-corrected chi connectivity index (χ3v) is 5.37. The molecule has 0 spiro atoms. The lowest BCUT2D eigenvalue weighted by Crippen LogP contribution is -2.30. The van der Waals surface area contributed by atoms with Gasteiger partial charge in [-0.1, -0.05) is 35.9 Å². The van der Waals surface area contributed by atoms with Crippen molar-refractivity contribution < 1.29 is 4.79 Å². The van der Waals surface area contributed by atoms with Gasteiger partial charge in [-0.3, -0.25) is 9.78 Å². The number of carbonyl (C=O) groups excluding carboxylic acids is 1. The molecule has 4 rings (SSSR count). The van der Waals surface area contributed by atoms with E-state index in [1.165, 1.54) is 19.3 Å². The molecule has 6 heteroatoms. The second-order valence-corrected chi connectivity index (χ2v) is 7.60. The van der Waals surface area contributed by atoms with Gasteiger partial charge in [-0.25, -0.2) is 4.98 Å². The summed E-state index contributed by atoms with van der Waals surface area (Å²) in [6, 6.07) is 15.0. The minimum Gasteiger partial charge on any atom is -0.355 e. The van der Waals surface area contributed by atoms with Gasteiger partial charge in [0.25, 0.3) is 5.91 Å². The lowest BCUT2D eigenvalue weighted by atomic mass is 10.1. The van der Waals surface area contributed by atoms with Crippen molar-refractivity contribution in [2.24, 2.45) is 0 Å². The lowest BCUT2D eigenvalue weighted by Gasteiger charge is -2.28. The van der Waals surface area contributed by atoms with Crippen molar-refractivity contribution in [3.63, 3.8) is 0 Å². The first-order chi connectivity index (χ1) is 14.2. The molecule has 1 aromatic heterocycles. The van der Waals surface area contributed by atoms with E-state index in [4.69, 9.17) is 11.6 Å². The molecule has 1 fully saturated rings. The molecule has 29 heavy (non-hydrogen) atoms. The zero-order chi connectivity index (χ0) is 20.1. The van der Waals surface area contributed by atoms with Gasteiger partial charge in [0.05, 0.1) is 0 Å². The highest BCUT2D eigenvalue weighted by atomic mass is 35.5. The Morgan fingerprint density at radius 1 is 0.931 bits per heavy atom. The Bertz CT molecular complexity index is 967. The molecule has 5 nitrogen and oxygen atoms in total. The number of nitrogens with one attached hydrogen (secondary N) is 1. The van der Waals surface area contributed by atoms with Crippen LogP contribution >= 0.6 is 11.6 Å². The predicted octanol–water partition coefficient (Wildman–Crippen LogP) is 4.72. The highest BCUT2D eigenvalue weighted by molar-refractivity contribution is 6.30. The second kappa shape index (κ2) is 9.05. The van der Waals surface area contributed by atoms with Gasteiger partial charge in [-0.15, -0.1) is 0 Å². The summed E-state index contributed by atoms with van der Waals surface area (Å²) >= 11 is 5.90. The minimum absolute atomic E-state index is 0.109. The van der Waals surface area contributed by atoms with Crippen LogP contribution in [0.3, 0.4) is 0 Å². The number of amides is 1. The number of halogens is 1. The molecular formula is C23H23ClN4O. The van der Waals surface area contributed by atoms with Crippen LogP contribution in [0.2, 0.25) is 5.02 Å². The number of carbonyl (C=O) groups is 1. The third-order valence-electron chi connectivity index (χ3n) is 5.12. The van der Waals surface area contributed by atoms with Crippen LogP contribution in [0.5, 0.6) is 0 Å². The maximum Gasteiger partial charge on any atom is 0.251 e. The predicted molar refractivity (Wildman–Crippen MR) is 116 cm³/mol. The fraction of sp³-hybridized carbons (Fsp3) is 0.261. The van der Waals surface area contributed by atoms with Crippen molar-refractivity contribution >= 4 is 23.3 Å². The molecule has 0 radical (unpaired) electrons. The molecule has 0 bridgehead atoms. The van der Waals surface area contributed by atoms with E-state index < -0.39 is 0 Å². The first kappa shape index (κ1) is 19.4. The van der Waals surface area contributed by atoms with Crippen LogP contribution in [0.15, 0.2) is 60.9 Å². The van der Waals surface area contributed by atoms with E-state index in [1.54, 1.807) is 12.4 Å². The number of rotatable bonds is 5. The fourth-order valence-electron chi connectivity index (χ4n) is 3.54. The van der Waals surface area contributed by atoms with Gasteiger partial charge < -0.3 is 10.2 Å². The van der Waals surface area contributed by atoms with Crippen LogP contribution < -0.4 is 10.2 Å². The average molecular weight is 407 g/mol. The van der Waals surface area contributed by atoms with E-state index in [9.17, 15) is 4.79 Å². The topological polar surface area (TPSA) is 58.1 Å². The van der Waals surface area contributed by atoms with Crippen molar-refractivity contribution in [2.45, 2.75) is 25.8 Å². The summed E-state index contributed by atoms with van der Waals surface area (Å²) in [5.74, 6) is 0.814. The van der Waals surface area contributed by atoms with Crippen molar-refractivity contribution in [3.05, 3.63) is 77.1 Å². The lowest BCUT2D eigenvalue weighted by molar-refractivity contribution is 0.0951. The molecule has 1 aliphatic rings. The Balaban J connectivity index is 1.46. The summed E-state index contributed by atoms with van der Waals surface area (Å²) in [6.45, 7) is 2.48. The Hall–Kier alpha value is -2.92. The molecule has 3 aromatic rings. The Labute approximate surface area is 175 Å². The molecule has 1 saturated heterocycles. The van der Waals surface area contributed by atoms with E-state index in [-0.39, 0.29) is 5.91 Å². The fourth-order valence-corrected chi connectivity index (χ4v) is 3.66. The maximum absolute atomic E-state index is 12.5. The smallest absolute Gasteiger partial charge is 0.251 e. The van der Waals surface area contributed by atoms with Crippen LogP contribution in [0.4, 0.5) is 5.82 Å². The normalized spacial score (nSPS) is 13.9. The SMILES string of the molecule is O=C(NCc1ccc(Cl)cc1)c1ccc(-c2nccnc2N2CCCCC2)cc1. The summed E-state index contributed by atoms with van der Waals surface area (Å²) in [6.07, 6.45) is 7.10. The molecule has 1 aliphatic heterocycles. The van der Waals surface area contributed by atoms with Gasteiger partial charge in [0, 0.05) is 48.2 Å². The molecule has 1 N–H and O–H groups in total. The number of hydrogen-bond acceptors (Lipinski definition) is 4. The highest BCUT2D eigenvalue weighted by Gasteiger charge is 2.18. The highest BCUT2D eigenvalue weighted by Crippen LogP contribution is 2.28. The summed E-state index contributed by atoms with van der Waals surface area (Å²) < 4.78 is 0. The zero-order valence-corrected chi connectivity index (χ0v) is 16.9. The van der Waals surface area contributed by atoms with E-state index in [2.05, 4.69) is 20.2 Å². The summed E-state index contributed by atoms with van der Waals surface area (Å²) in [7, 11) is 0. The zero-order valence-electron chi connectivity index (χ0n) is 16.1. The van der Waals surface area contributed by atoms with Gasteiger partial charge in [0.2, 0.25) is 0 Å². The summed E-state index contributed by atoms with van der Waals surface area (Å²) in [5, 5.41) is 3.62. The molecule has 0 aliphatic carbocycles. The van der Waals surface area contributed by atoms with Crippen molar-refractivity contribution in [3.8, 4) is 11.3 Å². The van der Waals surface area contributed by atoms with E-state index in [0.29, 0.717) is 17.1 Å². The molecule has 1 amide bonds. The van der Waals surface area contributed by atoms with E-state index in [0.717, 1.165) is 35.7 Å². The van der Waals surface area contributed by atoms with E-state index >= 15 is 0 Å². The Morgan fingerprint density at radius 3 is 2.34 bits per heavy atom. The third kappa shape index (κ3) is 4.74. The molecule has 148 valence electrons.